The van der Waals surface area contributed by atoms with Gasteiger partial charge < -0.3 is 4.43 Å². The van der Waals surface area contributed by atoms with Gasteiger partial charge in [-0.1, -0.05) is 26.8 Å². The molecule has 118 valence electrons. The minimum absolute atomic E-state index is 0.214. The van der Waals surface area contributed by atoms with E-state index in [1.54, 1.807) is 0 Å². The Hall–Kier alpha value is -0.833. The van der Waals surface area contributed by atoms with E-state index in [0.717, 1.165) is 31.4 Å². The Labute approximate surface area is 130 Å². The quantitative estimate of drug-likeness (QED) is 0.641. The van der Waals surface area contributed by atoms with E-state index in [4.69, 9.17) is 4.43 Å². The van der Waals surface area contributed by atoms with Gasteiger partial charge >= 0.3 is 0 Å². The van der Waals surface area contributed by atoms with E-state index in [9.17, 15) is 4.79 Å². The second-order valence-electron chi connectivity index (χ2n) is 8.11. The Kier molecular flexibility index (Phi) is 4.53. The molecule has 0 saturated heterocycles. The van der Waals surface area contributed by atoms with Crippen molar-refractivity contribution < 1.29 is 9.22 Å². The van der Waals surface area contributed by atoms with Crippen LogP contribution in [0.3, 0.4) is 0 Å². The van der Waals surface area contributed by atoms with Crippen molar-refractivity contribution in [1.82, 2.24) is 0 Å². The van der Waals surface area contributed by atoms with Crippen LogP contribution in [0.5, 0.6) is 0 Å². The van der Waals surface area contributed by atoms with Crippen LogP contribution in [-0.4, -0.2) is 14.1 Å². The molecule has 0 N–H and O–H groups in total. The highest BCUT2D eigenvalue weighted by Crippen LogP contribution is 2.45. The summed E-state index contributed by atoms with van der Waals surface area (Å²) >= 11 is 0. The fourth-order valence-corrected chi connectivity index (χ4v) is 4.13. The van der Waals surface area contributed by atoms with Crippen LogP contribution in [-0.2, 0) is 9.22 Å². The molecular formula is C18H30O2Si. The first-order valence-corrected chi connectivity index (χ1v) is 11.1. The third-order valence-electron chi connectivity index (χ3n) is 5.41. The number of hydrogen-bond acceptors (Lipinski definition) is 2. The minimum Gasteiger partial charge on any atom is -0.546 e. The number of allylic oxidation sites excluding steroid dienone is 4. The molecule has 0 fully saturated rings. The number of fused-ring (bicyclic) bond motifs is 1. The third-order valence-corrected chi connectivity index (χ3v) is 9.77. The van der Waals surface area contributed by atoms with Gasteiger partial charge in [-0.25, -0.2) is 0 Å². The van der Waals surface area contributed by atoms with Gasteiger partial charge in [0, 0.05) is 19.3 Å². The summed E-state index contributed by atoms with van der Waals surface area (Å²) in [5, 5.41) is 0.214. The fraction of sp³-hybridized carbons (Fsp3) is 0.722. The zero-order valence-electron chi connectivity index (χ0n) is 14.5. The number of hydrogen-bond donors (Lipinski definition) is 0. The lowest BCUT2D eigenvalue weighted by molar-refractivity contribution is -0.119. The monoisotopic (exact) mass is 306 g/mol. The summed E-state index contributed by atoms with van der Waals surface area (Å²) in [6, 6.07) is 0. The smallest absolute Gasteiger partial charge is 0.250 e. The summed E-state index contributed by atoms with van der Waals surface area (Å²) < 4.78 is 6.55. The Morgan fingerprint density at radius 1 is 1.24 bits per heavy atom. The molecule has 0 bridgehead atoms. The average molecular weight is 307 g/mol. The predicted octanol–water partition coefficient (Wildman–Crippen LogP) is 5.37. The maximum atomic E-state index is 12.0. The second kappa shape index (κ2) is 5.75. The van der Waals surface area contributed by atoms with Crippen molar-refractivity contribution in [3.8, 4) is 0 Å². The molecule has 0 radical (unpaired) electrons. The minimum atomic E-state index is -1.79. The van der Waals surface area contributed by atoms with E-state index >= 15 is 0 Å². The largest absolute Gasteiger partial charge is 0.546 e. The number of rotatable bonds is 2. The van der Waals surface area contributed by atoms with Crippen LogP contribution in [0.2, 0.25) is 18.1 Å². The number of carbonyl (C=O) groups is 1. The van der Waals surface area contributed by atoms with Crippen LogP contribution in [0.4, 0.5) is 0 Å². The molecule has 2 nitrogen and oxygen atoms in total. The van der Waals surface area contributed by atoms with Crippen molar-refractivity contribution in [3.05, 3.63) is 23.0 Å². The Morgan fingerprint density at radius 2 is 1.90 bits per heavy atom. The molecule has 3 heteroatoms. The van der Waals surface area contributed by atoms with Crippen molar-refractivity contribution >= 4 is 14.1 Å². The molecule has 1 unspecified atom stereocenters. The summed E-state index contributed by atoms with van der Waals surface area (Å²) in [6.45, 7) is 13.6. The van der Waals surface area contributed by atoms with Crippen LogP contribution in [0.25, 0.3) is 0 Å². The van der Waals surface area contributed by atoms with Crippen molar-refractivity contribution in [3.63, 3.8) is 0 Å². The summed E-state index contributed by atoms with van der Waals surface area (Å²) in [4.78, 5) is 12.0. The lowest BCUT2D eigenvalue weighted by Crippen LogP contribution is -2.40. The normalized spacial score (nSPS) is 26.9. The van der Waals surface area contributed by atoms with E-state index in [1.165, 1.54) is 11.1 Å². The molecule has 0 aromatic heterocycles. The van der Waals surface area contributed by atoms with E-state index in [0.29, 0.717) is 18.1 Å². The Bertz CT molecular complexity index is 492. The number of carbonyl (C=O) groups excluding carboxylic acids is 1. The fourth-order valence-electron chi connectivity index (χ4n) is 2.97. The summed E-state index contributed by atoms with van der Waals surface area (Å²) in [6.07, 6.45) is 6.76. The molecule has 2 rings (SSSR count). The van der Waals surface area contributed by atoms with Crippen LogP contribution in [0.15, 0.2) is 23.0 Å². The second-order valence-corrected chi connectivity index (χ2v) is 12.8. The number of Topliss-reactive ketones (excluding diaryl/α,β-unsaturated/α-hetero) is 1. The Balaban J connectivity index is 2.23. The zero-order valence-corrected chi connectivity index (χ0v) is 15.5. The van der Waals surface area contributed by atoms with Crippen LogP contribution in [0, 0.1) is 5.92 Å². The lowest BCUT2D eigenvalue weighted by Gasteiger charge is -2.37. The molecule has 0 aromatic carbocycles. The number of ketones is 1. The molecular weight excluding hydrogens is 276 g/mol. The molecule has 21 heavy (non-hydrogen) atoms. The maximum Gasteiger partial charge on any atom is 0.250 e. The van der Waals surface area contributed by atoms with Crippen molar-refractivity contribution in [1.29, 1.82) is 0 Å². The SMILES string of the molecule is CC1=C(O[Si](C)(C)C(C)(C)C)CC2CC(=O)CCC/C=C/12. The Morgan fingerprint density at radius 3 is 2.52 bits per heavy atom. The van der Waals surface area contributed by atoms with Gasteiger partial charge in [-0.15, -0.1) is 0 Å². The molecule has 0 amide bonds. The summed E-state index contributed by atoms with van der Waals surface area (Å²) in [7, 11) is -1.79. The third kappa shape index (κ3) is 3.50. The molecule has 1 atom stereocenters. The predicted molar refractivity (Wildman–Crippen MR) is 90.6 cm³/mol. The molecule has 2 aliphatic rings. The van der Waals surface area contributed by atoms with Crippen LogP contribution >= 0.6 is 0 Å². The molecule has 0 aliphatic heterocycles. The first-order chi connectivity index (χ1) is 9.62. The molecule has 2 aliphatic carbocycles. The van der Waals surface area contributed by atoms with Gasteiger partial charge in [0.1, 0.15) is 5.78 Å². The van der Waals surface area contributed by atoms with E-state index in [-0.39, 0.29) is 5.04 Å². The molecule has 0 spiro atoms. The average Bonchev–Trinajstić information content (AvgIpc) is 2.57. The standard InChI is InChI=1S/C18H30O2Si/c1-13-16-10-8-7-9-15(19)11-14(16)12-17(13)20-21(5,6)18(2,3)4/h10,14H,7-9,11-12H2,1-6H3/b16-10-. The van der Waals surface area contributed by atoms with Gasteiger partial charge in [0.2, 0.25) is 8.32 Å². The summed E-state index contributed by atoms with van der Waals surface area (Å²) in [5.74, 6) is 1.96. The van der Waals surface area contributed by atoms with Crippen molar-refractivity contribution in [2.45, 2.75) is 77.9 Å². The van der Waals surface area contributed by atoms with Crippen molar-refractivity contribution in [2.24, 2.45) is 5.92 Å². The van der Waals surface area contributed by atoms with Gasteiger partial charge in [0.25, 0.3) is 0 Å². The molecule has 0 saturated carbocycles. The lowest BCUT2D eigenvalue weighted by atomic mass is 9.88. The molecule has 0 aromatic rings. The van der Waals surface area contributed by atoms with Gasteiger partial charge in [0.15, 0.2) is 0 Å². The first kappa shape index (κ1) is 16.5. The molecule has 0 heterocycles. The van der Waals surface area contributed by atoms with E-state index in [1.807, 2.05) is 0 Å². The maximum absolute atomic E-state index is 12.0. The van der Waals surface area contributed by atoms with Gasteiger partial charge in [-0.2, -0.15) is 0 Å². The van der Waals surface area contributed by atoms with E-state index < -0.39 is 8.32 Å². The van der Waals surface area contributed by atoms with E-state index in [2.05, 4.69) is 46.9 Å². The van der Waals surface area contributed by atoms with Gasteiger partial charge in [0.05, 0.1) is 5.76 Å². The zero-order chi connectivity index (χ0) is 15.8. The van der Waals surface area contributed by atoms with Gasteiger partial charge in [-0.05, 0) is 55.0 Å². The van der Waals surface area contributed by atoms with Crippen LogP contribution in [0.1, 0.15) is 59.8 Å². The van der Waals surface area contributed by atoms with Gasteiger partial charge in [-0.3, -0.25) is 4.79 Å². The first-order valence-electron chi connectivity index (χ1n) is 8.23. The highest BCUT2D eigenvalue weighted by molar-refractivity contribution is 6.74. The topological polar surface area (TPSA) is 26.3 Å². The van der Waals surface area contributed by atoms with Crippen molar-refractivity contribution in [2.75, 3.05) is 0 Å². The highest BCUT2D eigenvalue weighted by Gasteiger charge is 2.41. The van der Waals surface area contributed by atoms with Crippen LogP contribution < -0.4 is 0 Å². The summed E-state index contributed by atoms with van der Waals surface area (Å²) in [5.41, 5.74) is 2.69. The highest BCUT2D eigenvalue weighted by atomic mass is 28.4.